The van der Waals surface area contributed by atoms with Crippen LogP contribution in [-0.2, 0) is 0 Å². The van der Waals surface area contributed by atoms with E-state index in [0.29, 0.717) is 0 Å². The summed E-state index contributed by atoms with van der Waals surface area (Å²) in [6.45, 7) is 0. The molecule has 0 radical (unpaired) electrons. The minimum atomic E-state index is 0.288. The Morgan fingerprint density at radius 2 is 0.623 bits per heavy atom. The van der Waals surface area contributed by atoms with Gasteiger partial charge >= 0.3 is 0 Å². The van der Waals surface area contributed by atoms with Crippen molar-refractivity contribution in [1.82, 2.24) is 0 Å². The van der Waals surface area contributed by atoms with Crippen molar-refractivity contribution < 1.29 is 0 Å². The molecule has 0 spiro atoms. The number of anilines is 7. The quantitative estimate of drug-likeness (QED) is 0.128. The molecule has 0 fully saturated rings. The topological polar surface area (TPSA) is 9.72 Å². The molecule has 3 heteroatoms. The summed E-state index contributed by atoms with van der Waals surface area (Å²) in [4.78, 5) is 7.22. The average molecular weight is 884 g/mol. The summed E-state index contributed by atoms with van der Waals surface area (Å²) in [5.74, 6) is 0.288. The van der Waals surface area contributed by atoms with Crippen molar-refractivity contribution in [3.8, 4) is 44.5 Å². The molecule has 1 atom stereocenters. The molecule has 1 aliphatic carbocycles. The first-order valence-electron chi connectivity index (χ1n) is 23.8. The third kappa shape index (κ3) is 8.21. The molecular weight excluding hydrogens is 835 g/mol. The van der Waals surface area contributed by atoms with Gasteiger partial charge in [-0.25, -0.2) is 0 Å². The molecule has 0 N–H and O–H groups in total. The molecule has 0 saturated carbocycles. The maximum atomic E-state index is 2.46. The van der Waals surface area contributed by atoms with Crippen LogP contribution >= 0.6 is 0 Å². The second-order valence-corrected chi connectivity index (χ2v) is 17.7. The van der Waals surface area contributed by atoms with E-state index < -0.39 is 0 Å². The maximum Gasteiger partial charge on any atom is 0.0497 e. The van der Waals surface area contributed by atoms with Crippen LogP contribution in [0, 0.1) is 0 Å². The van der Waals surface area contributed by atoms with Gasteiger partial charge in [0.05, 0.1) is 0 Å². The van der Waals surface area contributed by atoms with Crippen LogP contribution in [0.15, 0.2) is 290 Å². The Bertz CT molecular complexity index is 3320. The summed E-state index contributed by atoms with van der Waals surface area (Å²) in [5, 5.41) is 0. The summed E-state index contributed by atoms with van der Waals surface area (Å²) in [7, 11) is 0. The first-order valence-corrected chi connectivity index (χ1v) is 23.8. The van der Waals surface area contributed by atoms with Gasteiger partial charge in [-0.15, -0.1) is 0 Å². The van der Waals surface area contributed by atoms with E-state index in [-0.39, 0.29) is 5.92 Å². The highest BCUT2D eigenvalue weighted by atomic mass is 15.2. The Labute approximate surface area is 405 Å². The van der Waals surface area contributed by atoms with Crippen LogP contribution in [0.4, 0.5) is 39.8 Å². The third-order valence-electron chi connectivity index (χ3n) is 13.6. The van der Waals surface area contributed by atoms with Gasteiger partial charge in [0.1, 0.15) is 0 Å². The number of rotatable bonds is 11. The zero-order valence-electron chi connectivity index (χ0n) is 38.2. The van der Waals surface area contributed by atoms with Crippen molar-refractivity contribution in [2.24, 2.45) is 0 Å². The summed E-state index contributed by atoms with van der Waals surface area (Å²) >= 11 is 0. The summed E-state index contributed by atoms with van der Waals surface area (Å²) < 4.78 is 0. The zero-order chi connectivity index (χ0) is 45.9. The summed E-state index contributed by atoms with van der Waals surface area (Å²) in [6, 6.07) is 96.3. The van der Waals surface area contributed by atoms with Gasteiger partial charge in [-0.05, 0) is 141 Å². The molecule has 0 aromatic heterocycles. The number of para-hydroxylation sites is 2. The molecule has 0 amide bonds. The van der Waals surface area contributed by atoms with Crippen LogP contribution in [0.2, 0.25) is 0 Å². The predicted octanol–water partition coefficient (Wildman–Crippen LogP) is 18.1. The highest BCUT2D eigenvalue weighted by molar-refractivity contribution is 5.84. The molecule has 1 aliphatic heterocycles. The highest BCUT2D eigenvalue weighted by Gasteiger charge is 2.36. The van der Waals surface area contributed by atoms with Gasteiger partial charge < -0.3 is 14.7 Å². The van der Waals surface area contributed by atoms with Gasteiger partial charge in [0, 0.05) is 57.1 Å². The van der Waals surface area contributed by atoms with Crippen molar-refractivity contribution in [2.75, 3.05) is 14.7 Å². The number of hydrogen-bond donors (Lipinski definition) is 0. The molecular formula is C66H49N3. The second kappa shape index (κ2) is 18.4. The van der Waals surface area contributed by atoms with E-state index in [2.05, 4.69) is 294 Å². The van der Waals surface area contributed by atoms with E-state index in [1.54, 1.807) is 0 Å². The largest absolute Gasteiger partial charge is 0.313 e. The normalized spacial score (nSPS) is 13.7. The monoisotopic (exact) mass is 883 g/mol. The van der Waals surface area contributed by atoms with Gasteiger partial charge in [0.2, 0.25) is 0 Å². The van der Waals surface area contributed by atoms with E-state index in [9.17, 15) is 0 Å². The zero-order valence-corrected chi connectivity index (χ0v) is 38.2. The van der Waals surface area contributed by atoms with Crippen LogP contribution < -0.4 is 14.7 Å². The molecule has 10 aromatic rings. The number of benzene rings is 10. The van der Waals surface area contributed by atoms with Crippen molar-refractivity contribution in [3.05, 3.63) is 296 Å². The Hall–Kier alpha value is -8.92. The molecule has 3 nitrogen and oxygen atoms in total. The SMILES string of the molecule is C1=C(N(c2ccc(-c3ccccc3)cc2)c2ccc(-c3ccc(N(c4ccc(-c5ccccc5)cc4)c4ccc(-c5ccccc5)cc4)cc3)cc2)C=C2C(C1)c1ccccc1N2c1ccccc1. The predicted molar refractivity (Wildman–Crippen MR) is 290 cm³/mol. The lowest BCUT2D eigenvalue weighted by molar-refractivity contribution is 0.806. The summed E-state index contributed by atoms with van der Waals surface area (Å²) in [5.41, 5.74) is 21.3. The van der Waals surface area contributed by atoms with Crippen LogP contribution in [0.1, 0.15) is 17.9 Å². The fourth-order valence-corrected chi connectivity index (χ4v) is 10.1. The fraction of sp³-hybridized carbons (Fsp3) is 0.0303. The van der Waals surface area contributed by atoms with Crippen LogP contribution in [0.5, 0.6) is 0 Å². The van der Waals surface area contributed by atoms with Crippen molar-refractivity contribution in [3.63, 3.8) is 0 Å². The van der Waals surface area contributed by atoms with E-state index in [0.717, 1.165) is 51.7 Å². The second-order valence-electron chi connectivity index (χ2n) is 17.7. The smallest absolute Gasteiger partial charge is 0.0497 e. The minimum absolute atomic E-state index is 0.288. The van der Waals surface area contributed by atoms with Gasteiger partial charge in [-0.2, -0.15) is 0 Å². The first kappa shape index (κ1) is 41.5. The lowest BCUT2D eigenvalue weighted by Crippen LogP contribution is -2.21. The van der Waals surface area contributed by atoms with Crippen molar-refractivity contribution in [1.29, 1.82) is 0 Å². The van der Waals surface area contributed by atoms with E-state index in [1.807, 2.05) is 0 Å². The summed E-state index contributed by atoms with van der Waals surface area (Å²) in [6.07, 6.45) is 5.75. The van der Waals surface area contributed by atoms with E-state index in [1.165, 1.54) is 56.0 Å². The number of hydrogen-bond acceptors (Lipinski definition) is 3. The molecule has 0 saturated heterocycles. The average Bonchev–Trinajstić information content (AvgIpc) is 3.77. The molecule has 69 heavy (non-hydrogen) atoms. The first-order chi connectivity index (χ1) is 34.2. The number of allylic oxidation sites excluding steroid dienone is 3. The molecule has 328 valence electrons. The molecule has 1 heterocycles. The van der Waals surface area contributed by atoms with Crippen LogP contribution in [-0.4, -0.2) is 0 Å². The van der Waals surface area contributed by atoms with Crippen molar-refractivity contribution >= 4 is 39.8 Å². The fourth-order valence-electron chi connectivity index (χ4n) is 10.1. The van der Waals surface area contributed by atoms with Gasteiger partial charge in [0.25, 0.3) is 0 Å². The van der Waals surface area contributed by atoms with E-state index in [4.69, 9.17) is 0 Å². The highest BCUT2D eigenvalue weighted by Crippen LogP contribution is 2.52. The van der Waals surface area contributed by atoms with Crippen LogP contribution in [0.3, 0.4) is 0 Å². The van der Waals surface area contributed by atoms with E-state index >= 15 is 0 Å². The Morgan fingerprint density at radius 1 is 0.304 bits per heavy atom. The molecule has 12 rings (SSSR count). The Kier molecular flexibility index (Phi) is 11.1. The maximum absolute atomic E-state index is 2.46. The molecule has 1 unspecified atom stereocenters. The van der Waals surface area contributed by atoms with Gasteiger partial charge in [-0.1, -0.05) is 194 Å². The minimum Gasteiger partial charge on any atom is -0.313 e. The Balaban J connectivity index is 0.880. The molecule has 0 bridgehead atoms. The third-order valence-corrected chi connectivity index (χ3v) is 13.6. The van der Waals surface area contributed by atoms with Crippen molar-refractivity contribution in [2.45, 2.75) is 12.3 Å². The van der Waals surface area contributed by atoms with Gasteiger partial charge in [0.15, 0.2) is 0 Å². The van der Waals surface area contributed by atoms with Gasteiger partial charge in [-0.3, -0.25) is 0 Å². The lowest BCUT2D eigenvalue weighted by atomic mass is 9.90. The lowest BCUT2D eigenvalue weighted by Gasteiger charge is -2.32. The number of nitrogens with zero attached hydrogens (tertiary/aromatic N) is 3. The molecule has 2 aliphatic rings. The Morgan fingerprint density at radius 3 is 1.01 bits per heavy atom. The number of fused-ring (bicyclic) bond motifs is 3. The standard InChI is InChI=1S/C66H49N3/c1-5-15-48(16-6-1)51-25-35-57(36-26-51)67(58-37-27-52(28-38-58)49-17-7-2-8-18-49)59-39-31-54(32-40-59)55-33-43-61(44-34-55)68(60-41-29-53(30-42-60)50-19-9-3-10-20-50)62-45-46-64-63-23-13-14-24-65(63)69(66(64)47-62)56-21-11-4-12-22-56/h1-45,47,64H,46H2. The van der Waals surface area contributed by atoms with Crippen LogP contribution in [0.25, 0.3) is 44.5 Å². The molecule has 10 aromatic carbocycles.